The van der Waals surface area contributed by atoms with Crippen molar-refractivity contribution >= 4 is 0 Å². The minimum Gasteiger partial charge on any atom is -0.351 e. The van der Waals surface area contributed by atoms with Gasteiger partial charge in [0.1, 0.15) is 0 Å². The molecule has 2 nitrogen and oxygen atoms in total. The van der Waals surface area contributed by atoms with Gasteiger partial charge >= 0.3 is 0 Å². The van der Waals surface area contributed by atoms with Gasteiger partial charge in [0, 0.05) is 32.5 Å². The largest absolute Gasteiger partial charge is 0.351 e. The standard InChI is InChI=1S/C3H4N2.Ir/c1-2-5-3-4-1;/h1-3H,(H,4,5);. The number of nitrogens with one attached hydrogen (secondary N) is 1. The van der Waals surface area contributed by atoms with E-state index in [1.165, 1.54) is 0 Å². The summed E-state index contributed by atoms with van der Waals surface area (Å²) in [5.41, 5.74) is 0. The molecule has 1 radical (unpaired) electrons. The molecule has 0 bridgehead atoms. The van der Waals surface area contributed by atoms with Gasteiger partial charge in [-0.2, -0.15) is 0 Å². The Labute approximate surface area is 49.3 Å². The average molecular weight is 260 g/mol. The van der Waals surface area contributed by atoms with Gasteiger partial charge in [0.25, 0.3) is 0 Å². The molecule has 0 fully saturated rings. The van der Waals surface area contributed by atoms with Gasteiger partial charge in [-0.05, 0) is 0 Å². The first-order valence-electron chi connectivity index (χ1n) is 1.43. The van der Waals surface area contributed by atoms with Crippen molar-refractivity contribution in [2.45, 2.75) is 0 Å². The Morgan fingerprint density at radius 2 is 2.33 bits per heavy atom. The summed E-state index contributed by atoms with van der Waals surface area (Å²) in [7, 11) is 0. The van der Waals surface area contributed by atoms with Gasteiger partial charge in [-0.1, -0.05) is 0 Å². The molecule has 35 valence electrons. The minimum atomic E-state index is 0. The van der Waals surface area contributed by atoms with Crippen molar-refractivity contribution in [2.75, 3.05) is 0 Å². The van der Waals surface area contributed by atoms with Crippen LogP contribution in [0.25, 0.3) is 0 Å². The second kappa shape index (κ2) is 3.07. The maximum atomic E-state index is 3.67. The topological polar surface area (TPSA) is 28.7 Å². The molecule has 0 aliphatic rings. The fourth-order valence-corrected chi connectivity index (χ4v) is 0.215. The molecule has 0 amide bonds. The van der Waals surface area contributed by atoms with E-state index < -0.39 is 0 Å². The van der Waals surface area contributed by atoms with Crippen LogP contribution in [0.5, 0.6) is 0 Å². The maximum absolute atomic E-state index is 3.67. The summed E-state index contributed by atoms with van der Waals surface area (Å²) < 4.78 is 0. The molecule has 6 heavy (non-hydrogen) atoms. The second-order valence-corrected chi connectivity index (χ2v) is 0.761. The van der Waals surface area contributed by atoms with Gasteiger partial charge in [-0.3, -0.25) is 0 Å². The Morgan fingerprint density at radius 3 is 2.50 bits per heavy atom. The molecule has 0 aromatic carbocycles. The van der Waals surface area contributed by atoms with E-state index in [9.17, 15) is 0 Å². The summed E-state index contributed by atoms with van der Waals surface area (Å²) in [5, 5.41) is 0. The molecule has 0 atom stereocenters. The van der Waals surface area contributed by atoms with Crippen molar-refractivity contribution in [3.63, 3.8) is 0 Å². The smallest absolute Gasteiger partial charge is 0.0919 e. The van der Waals surface area contributed by atoms with Crippen LogP contribution in [0.4, 0.5) is 0 Å². The molecular formula is C3H4IrN2. The van der Waals surface area contributed by atoms with Crippen molar-refractivity contribution in [1.82, 2.24) is 9.97 Å². The van der Waals surface area contributed by atoms with E-state index in [-0.39, 0.29) is 20.1 Å². The van der Waals surface area contributed by atoms with Gasteiger partial charge in [0.15, 0.2) is 0 Å². The summed E-state index contributed by atoms with van der Waals surface area (Å²) in [6.45, 7) is 0. The summed E-state index contributed by atoms with van der Waals surface area (Å²) in [4.78, 5) is 6.42. The zero-order valence-corrected chi connectivity index (χ0v) is 5.41. The van der Waals surface area contributed by atoms with Gasteiger partial charge in [-0.15, -0.1) is 0 Å². The van der Waals surface area contributed by atoms with E-state index in [0.29, 0.717) is 0 Å². The van der Waals surface area contributed by atoms with Gasteiger partial charge < -0.3 is 4.98 Å². The number of rotatable bonds is 0. The first-order valence-corrected chi connectivity index (χ1v) is 1.43. The van der Waals surface area contributed by atoms with Crippen molar-refractivity contribution < 1.29 is 20.1 Å². The van der Waals surface area contributed by atoms with Crippen LogP contribution in [-0.4, -0.2) is 9.97 Å². The molecule has 0 saturated heterocycles. The number of H-pyrrole nitrogens is 1. The zero-order chi connectivity index (χ0) is 3.54. The number of hydrogen-bond donors (Lipinski definition) is 1. The number of aromatic nitrogens is 2. The fraction of sp³-hybridized carbons (Fsp3) is 0. The third-order valence-corrected chi connectivity index (χ3v) is 0.406. The Hall–Kier alpha value is -0.141. The summed E-state index contributed by atoms with van der Waals surface area (Å²) in [5.74, 6) is 0. The number of hydrogen-bond acceptors (Lipinski definition) is 1. The third-order valence-electron chi connectivity index (χ3n) is 0.406. The van der Waals surface area contributed by atoms with E-state index in [2.05, 4.69) is 9.97 Å². The van der Waals surface area contributed by atoms with Crippen molar-refractivity contribution in [2.24, 2.45) is 0 Å². The normalized spacial score (nSPS) is 6.67. The first-order chi connectivity index (χ1) is 2.50. The number of nitrogens with zero attached hydrogens (tertiary/aromatic N) is 1. The van der Waals surface area contributed by atoms with E-state index in [0.717, 1.165) is 0 Å². The third kappa shape index (κ3) is 1.34. The van der Waals surface area contributed by atoms with E-state index in [1.54, 1.807) is 18.7 Å². The first kappa shape index (κ1) is 5.86. The molecule has 3 heteroatoms. The molecule has 0 aliphatic carbocycles. The Balaban J connectivity index is 0.000000250. The van der Waals surface area contributed by atoms with Crippen LogP contribution >= 0.6 is 0 Å². The summed E-state index contributed by atoms with van der Waals surface area (Å²) >= 11 is 0. The molecule has 0 aliphatic heterocycles. The van der Waals surface area contributed by atoms with E-state index in [1.807, 2.05) is 0 Å². The van der Waals surface area contributed by atoms with Crippen LogP contribution in [0.3, 0.4) is 0 Å². The van der Waals surface area contributed by atoms with E-state index >= 15 is 0 Å². The quantitative estimate of drug-likeness (QED) is 0.719. The van der Waals surface area contributed by atoms with Crippen molar-refractivity contribution in [3.05, 3.63) is 18.7 Å². The molecule has 0 unspecified atom stereocenters. The predicted molar refractivity (Wildman–Crippen MR) is 18.6 cm³/mol. The van der Waals surface area contributed by atoms with Gasteiger partial charge in [0.05, 0.1) is 6.33 Å². The van der Waals surface area contributed by atoms with Crippen LogP contribution in [0.1, 0.15) is 0 Å². The molecule has 0 spiro atoms. The van der Waals surface area contributed by atoms with Crippen LogP contribution in [0, 0.1) is 0 Å². The van der Waals surface area contributed by atoms with Crippen LogP contribution in [0.2, 0.25) is 0 Å². The molecular weight excluding hydrogens is 256 g/mol. The molecule has 1 aromatic heterocycles. The fourth-order valence-electron chi connectivity index (χ4n) is 0.215. The molecule has 0 saturated carbocycles. The zero-order valence-electron chi connectivity index (χ0n) is 3.01. The van der Waals surface area contributed by atoms with Crippen LogP contribution < -0.4 is 0 Å². The monoisotopic (exact) mass is 261 g/mol. The van der Waals surface area contributed by atoms with Crippen molar-refractivity contribution in [3.8, 4) is 0 Å². The Kier molecular flexibility index (Phi) is 2.99. The average Bonchev–Trinajstić information content (AvgIpc) is 1.76. The Morgan fingerprint density at radius 1 is 1.50 bits per heavy atom. The Bertz CT molecular complexity index is 65.3. The van der Waals surface area contributed by atoms with Crippen LogP contribution in [0.15, 0.2) is 18.7 Å². The molecule has 1 rings (SSSR count). The second-order valence-electron chi connectivity index (χ2n) is 0.761. The summed E-state index contributed by atoms with van der Waals surface area (Å²) in [6, 6.07) is 0. The van der Waals surface area contributed by atoms with Crippen molar-refractivity contribution in [1.29, 1.82) is 0 Å². The molecule has 1 N–H and O–H groups in total. The van der Waals surface area contributed by atoms with E-state index in [4.69, 9.17) is 0 Å². The van der Waals surface area contributed by atoms with Gasteiger partial charge in [0.2, 0.25) is 0 Å². The minimum absolute atomic E-state index is 0. The van der Waals surface area contributed by atoms with Gasteiger partial charge in [-0.25, -0.2) is 4.98 Å². The SMILES string of the molecule is [Ir].c1c[nH]cn1. The molecule has 1 heterocycles. The van der Waals surface area contributed by atoms with Crippen LogP contribution in [-0.2, 0) is 20.1 Å². The maximum Gasteiger partial charge on any atom is 0.0919 e. The number of imidazole rings is 1. The number of aromatic amines is 1. The predicted octanol–water partition coefficient (Wildman–Crippen LogP) is 0.407. The molecule has 1 aromatic rings. The summed E-state index contributed by atoms with van der Waals surface area (Å²) in [6.07, 6.45) is 5.08.